The van der Waals surface area contributed by atoms with Crippen molar-refractivity contribution < 1.29 is 9.53 Å². The molecule has 0 amide bonds. The molecule has 0 spiro atoms. The van der Waals surface area contributed by atoms with Gasteiger partial charge in [0, 0.05) is 5.56 Å². The normalized spacial score (nSPS) is 12.0. The second-order valence-corrected chi connectivity index (χ2v) is 6.04. The molecule has 0 saturated carbocycles. The average molecular weight is 381 g/mol. The van der Waals surface area contributed by atoms with Crippen LogP contribution in [0.25, 0.3) is 6.08 Å². The molecule has 122 valence electrons. The Morgan fingerprint density at radius 1 is 1.12 bits per heavy atom. The van der Waals surface area contributed by atoms with Crippen molar-refractivity contribution in [1.82, 2.24) is 0 Å². The van der Waals surface area contributed by atoms with Crippen LogP contribution in [0.2, 0.25) is 15.1 Å². The number of ketones is 1. The third-order valence-corrected chi connectivity index (χ3v) is 4.40. The summed E-state index contributed by atoms with van der Waals surface area (Å²) in [5.74, 6) is 0.303. The van der Waals surface area contributed by atoms with E-state index in [0.29, 0.717) is 10.8 Å². The summed E-state index contributed by atoms with van der Waals surface area (Å²) in [6.07, 6.45) is 2.53. The number of nitrogens with zero attached hydrogens (tertiary/aromatic N) is 1. The average Bonchev–Trinajstić information content (AvgIpc) is 2.58. The molecule has 0 aliphatic carbocycles. The Balaban J connectivity index is 2.12. The van der Waals surface area contributed by atoms with Crippen LogP contribution in [-0.2, 0) is 0 Å². The Bertz CT molecular complexity index is 823. The van der Waals surface area contributed by atoms with Gasteiger partial charge in [-0.2, -0.15) is 5.26 Å². The monoisotopic (exact) mass is 379 g/mol. The van der Waals surface area contributed by atoms with E-state index in [-0.39, 0.29) is 21.4 Å². The third kappa shape index (κ3) is 4.52. The highest BCUT2D eigenvalue weighted by atomic mass is 35.5. The van der Waals surface area contributed by atoms with Crippen molar-refractivity contribution >= 4 is 46.7 Å². The number of halogens is 3. The van der Waals surface area contributed by atoms with Crippen molar-refractivity contribution in [2.75, 3.05) is 0 Å². The van der Waals surface area contributed by atoms with Crippen LogP contribution in [0.1, 0.15) is 22.8 Å². The van der Waals surface area contributed by atoms with Gasteiger partial charge >= 0.3 is 0 Å². The van der Waals surface area contributed by atoms with Gasteiger partial charge in [-0.15, -0.1) is 0 Å². The lowest BCUT2D eigenvalue weighted by molar-refractivity contribution is 0.104. The van der Waals surface area contributed by atoms with E-state index in [1.165, 1.54) is 18.2 Å². The Morgan fingerprint density at radius 2 is 1.79 bits per heavy atom. The molecular weight excluding hydrogens is 369 g/mol. The summed E-state index contributed by atoms with van der Waals surface area (Å²) >= 11 is 17.8. The quantitative estimate of drug-likeness (QED) is 0.372. The fraction of sp³-hybridized carbons (Fsp3) is 0.111. The maximum atomic E-state index is 12.2. The lowest BCUT2D eigenvalue weighted by Crippen LogP contribution is -2.07. The molecule has 0 aliphatic rings. The summed E-state index contributed by atoms with van der Waals surface area (Å²) in [6, 6.07) is 12.1. The van der Waals surface area contributed by atoms with Gasteiger partial charge in [-0.1, -0.05) is 53.0 Å². The lowest BCUT2D eigenvalue weighted by Gasteiger charge is -2.07. The number of hydrogen-bond acceptors (Lipinski definition) is 3. The zero-order valence-corrected chi connectivity index (χ0v) is 14.9. The molecule has 2 aromatic carbocycles. The van der Waals surface area contributed by atoms with Crippen LogP contribution in [0.5, 0.6) is 5.75 Å². The van der Waals surface area contributed by atoms with Gasteiger partial charge in [0.05, 0.1) is 15.1 Å². The van der Waals surface area contributed by atoms with Gasteiger partial charge in [0.1, 0.15) is 11.8 Å². The number of allylic oxidation sites excluding steroid dienone is 1. The SMILES string of the molecule is CC(C#N)Oc1ccc(/C=C/C(=O)c2ccc(Cl)c(Cl)c2Cl)cc1. The Hall–Kier alpha value is -1.99. The molecule has 24 heavy (non-hydrogen) atoms. The maximum Gasteiger partial charge on any atom is 0.187 e. The van der Waals surface area contributed by atoms with E-state index in [0.717, 1.165) is 5.56 Å². The first-order valence-corrected chi connectivity index (χ1v) is 8.08. The molecule has 0 radical (unpaired) electrons. The molecule has 0 fully saturated rings. The fourth-order valence-corrected chi connectivity index (χ4v) is 2.49. The first kappa shape index (κ1) is 18.4. The van der Waals surface area contributed by atoms with Gasteiger partial charge in [0.25, 0.3) is 0 Å². The molecule has 0 N–H and O–H groups in total. The minimum Gasteiger partial charge on any atom is -0.476 e. The van der Waals surface area contributed by atoms with Crippen molar-refractivity contribution in [3.63, 3.8) is 0 Å². The molecular formula is C18H12Cl3NO2. The highest BCUT2D eigenvalue weighted by molar-refractivity contribution is 6.49. The molecule has 0 aromatic heterocycles. The molecule has 1 atom stereocenters. The smallest absolute Gasteiger partial charge is 0.187 e. The zero-order chi connectivity index (χ0) is 17.7. The third-order valence-electron chi connectivity index (χ3n) is 3.10. The number of ether oxygens (including phenoxy) is 1. The zero-order valence-electron chi connectivity index (χ0n) is 12.6. The summed E-state index contributed by atoms with van der Waals surface area (Å²) < 4.78 is 5.36. The molecule has 0 aliphatic heterocycles. The Kier molecular flexibility index (Phi) is 6.28. The minimum absolute atomic E-state index is 0.132. The number of hydrogen-bond donors (Lipinski definition) is 0. The summed E-state index contributed by atoms with van der Waals surface area (Å²) in [5, 5.41) is 9.30. The van der Waals surface area contributed by atoms with Gasteiger partial charge in [0.15, 0.2) is 11.9 Å². The largest absolute Gasteiger partial charge is 0.476 e. The molecule has 1 unspecified atom stereocenters. The summed E-state index contributed by atoms with van der Waals surface area (Å²) in [6.45, 7) is 1.66. The molecule has 6 heteroatoms. The van der Waals surface area contributed by atoms with Crippen molar-refractivity contribution in [2.24, 2.45) is 0 Å². The summed E-state index contributed by atoms with van der Waals surface area (Å²) in [5.41, 5.74) is 1.08. The van der Waals surface area contributed by atoms with E-state index in [1.54, 1.807) is 37.3 Å². The lowest BCUT2D eigenvalue weighted by atomic mass is 10.1. The van der Waals surface area contributed by atoms with E-state index in [4.69, 9.17) is 44.8 Å². The van der Waals surface area contributed by atoms with Gasteiger partial charge < -0.3 is 4.74 Å². The van der Waals surface area contributed by atoms with Crippen LogP contribution in [0.15, 0.2) is 42.5 Å². The predicted molar refractivity (Wildman–Crippen MR) is 97.0 cm³/mol. The van der Waals surface area contributed by atoms with Gasteiger partial charge in [-0.05, 0) is 42.8 Å². The molecule has 0 heterocycles. The number of carbonyl (C=O) groups excluding carboxylic acids is 1. The van der Waals surface area contributed by atoms with Gasteiger partial charge in [-0.3, -0.25) is 4.79 Å². The highest BCUT2D eigenvalue weighted by Crippen LogP contribution is 2.33. The summed E-state index contributed by atoms with van der Waals surface area (Å²) in [7, 11) is 0. The van der Waals surface area contributed by atoms with Crippen LogP contribution < -0.4 is 4.74 Å². The second-order valence-electron chi connectivity index (χ2n) is 4.88. The van der Waals surface area contributed by atoms with Crippen molar-refractivity contribution in [1.29, 1.82) is 5.26 Å². The van der Waals surface area contributed by atoms with Crippen LogP contribution in [-0.4, -0.2) is 11.9 Å². The molecule has 0 bridgehead atoms. The van der Waals surface area contributed by atoms with Crippen molar-refractivity contribution in [3.05, 3.63) is 68.7 Å². The van der Waals surface area contributed by atoms with Crippen LogP contribution >= 0.6 is 34.8 Å². The Labute approximate surface area is 155 Å². The number of nitriles is 1. The van der Waals surface area contributed by atoms with Crippen LogP contribution in [0.4, 0.5) is 0 Å². The van der Waals surface area contributed by atoms with E-state index in [1.807, 2.05) is 6.07 Å². The van der Waals surface area contributed by atoms with E-state index < -0.39 is 6.10 Å². The first-order valence-electron chi connectivity index (χ1n) is 6.94. The van der Waals surface area contributed by atoms with Gasteiger partial charge in [0.2, 0.25) is 0 Å². The number of benzene rings is 2. The molecule has 0 saturated heterocycles. The summed E-state index contributed by atoms with van der Waals surface area (Å²) in [4.78, 5) is 12.2. The van der Waals surface area contributed by atoms with Crippen molar-refractivity contribution in [3.8, 4) is 11.8 Å². The van der Waals surface area contributed by atoms with Crippen molar-refractivity contribution in [2.45, 2.75) is 13.0 Å². The number of rotatable bonds is 5. The highest BCUT2D eigenvalue weighted by Gasteiger charge is 2.13. The topological polar surface area (TPSA) is 50.1 Å². The predicted octanol–water partition coefficient (Wildman–Crippen LogP) is 5.83. The molecule has 2 rings (SSSR count). The minimum atomic E-state index is -0.523. The van der Waals surface area contributed by atoms with Gasteiger partial charge in [-0.25, -0.2) is 0 Å². The van der Waals surface area contributed by atoms with E-state index >= 15 is 0 Å². The maximum absolute atomic E-state index is 12.2. The Morgan fingerprint density at radius 3 is 2.42 bits per heavy atom. The van der Waals surface area contributed by atoms with Crippen LogP contribution in [0.3, 0.4) is 0 Å². The second kappa shape index (κ2) is 8.21. The van der Waals surface area contributed by atoms with E-state index in [2.05, 4.69) is 0 Å². The van der Waals surface area contributed by atoms with Crippen LogP contribution in [0, 0.1) is 11.3 Å². The fourth-order valence-electron chi connectivity index (χ4n) is 1.87. The molecule has 3 nitrogen and oxygen atoms in total. The first-order chi connectivity index (χ1) is 11.4. The van der Waals surface area contributed by atoms with E-state index in [9.17, 15) is 4.79 Å². The standard InChI is InChI=1S/C18H12Cl3NO2/c1-11(10-22)24-13-5-2-12(3-6-13)4-9-16(23)14-7-8-15(19)18(21)17(14)20/h2-9,11H,1H3/b9-4+. The number of carbonyl (C=O) groups is 1. The molecule has 2 aromatic rings.